The summed E-state index contributed by atoms with van der Waals surface area (Å²) >= 11 is 7.60. The van der Waals surface area contributed by atoms with E-state index in [1.54, 1.807) is 30.3 Å². The summed E-state index contributed by atoms with van der Waals surface area (Å²) in [5, 5.41) is 1.62. The quantitative estimate of drug-likeness (QED) is 0.849. The van der Waals surface area contributed by atoms with Gasteiger partial charge in [-0.3, -0.25) is 4.79 Å². The zero-order chi connectivity index (χ0) is 15.0. The molecule has 2 heterocycles. The number of fused-ring (bicyclic) bond motifs is 1. The van der Waals surface area contributed by atoms with Gasteiger partial charge in [-0.1, -0.05) is 22.9 Å². The summed E-state index contributed by atoms with van der Waals surface area (Å²) in [7, 11) is 3.48. The summed E-state index contributed by atoms with van der Waals surface area (Å²) < 4.78 is 6.62. The number of benzene rings is 1. The van der Waals surface area contributed by atoms with Crippen molar-refractivity contribution in [2.75, 3.05) is 38.7 Å². The highest BCUT2D eigenvalue weighted by Crippen LogP contribution is 2.31. The summed E-state index contributed by atoms with van der Waals surface area (Å²) in [6, 6.07) is 5.67. The smallest absolute Gasteiger partial charge is 0.253 e. The topological polar surface area (TPSA) is 45.7 Å². The van der Waals surface area contributed by atoms with Gasteiger partial charge in [-0.2, -0.15) is 0 Å². The van der Waals surface area contributed by atoms with E-state index in [-0.39, 0.29) is 5.91 Å². The zero-order valence-corrected chi connectivity index (χ0v) is 13.4. The van der Waals surface area contributed by atoms with Gasteiger partial charge in [0.1, 0.15) is 0 Å². The van der Waals surface area contributed by atoms with E-state index in [2.05, 4.69) is 9.88 Å². The molecule has 1 aromatic carbocycles. The third kappa shape index (κ3) is 2.97. The molecule has 1 aliphatic rings. The van der Waals surface area contributed by atoms with E-state index in [0.29, 0.717) is 18.2 Å². The van der Waals surface area contributed by atoms with Crippen LogP contribution >= 0.6 is 22.9 Å². The van der Waals surface area contributed by atoms with E-state index in [0.717, 1.165) is 21.9 Å². The van der Waals surface area contributed by atoms with Crippen LogP contribution in [-0.2, 0) is 9.53 Å². The third-order valence-corrected chi connectivity index (χ3v) is 4.71. The number of anilines is 1. The van der Waals surface area contributed by atoms with E-state index in [9.17, 15) is 4.79 Å². The van der Waals surface area contributed by atoms with Crippen molar-refractivity contribution in [3.05, 3.63) is 23.2 Å². The number of rotatable bonds is 2. The van der Waals surface area contributed by atoms with E-state index >= 15 is 0 Å². The number of aromatic nitrogens is 1. The Hall–Kier alpha value is -1.37. The zero-order valence-electron chi connectivity index (χ0n) is 11.9. The lowest BCUT2D eigenvalue weighted by molar-refractivity contribution is -0.141. The van der Waals surface area contributed by atoms with Gasteiger partial charge in [0.2, 0.25) is 0 Å². The van der Waals surface area contributed by atoms with Crippen LogP contribution in [-0.4, -0.2) is 55.7 Å². The highest BCUT2D eigenvalue weighted by molar-refractivity contribution is 7.22. The highest BCUT2D eigenvalue weighted by Gasteiger charge is 2.29. The van der Waals surface area contributed by atoms with Gasteiger partial charge >= 0.3 is 0 Å². The lowest BCUT2D eigenvalue weighted by Gasteiger charge is -2.33. The Balaban J connectivity index is 1.83. The molecule has 0 spiro atoms. The van der Waals surface area contributed by atoms with Crippen LogP contribution in [0.5, 0.6) is 0 Å². The lowest BCUT2D eigenvalue weighted by atomic mass is 10.2. The molecule has 21 heavy (non-hydrogen) atoms. The molecule has 0 bridgehead atoms. The SMILES string of the molecule is CN(C)C(=O)C1CN(c2nc3ccc(Cl)cc3s2)CCO1. The highest BCUT2D eigenvalue weighted by atomic mass is 35.5. The Labute approximate surface area is 132 Å². The number of thiazole rings is 1. The van der Waals surface area contributed by atoms with Crippen molar-refractivity contribution < 1.29 is 9.53 Å². The molecule has 112 valence electrons. The number of nitrogens with zero attached hydrogens (tertiary/aromatic N) is 3. The molecule has 2 aromatic rings. The Morgan fingerprint density at radius 3 is 3.10 bits per heavy atom. The van der Waals surface area contributed by atoms with Crippen molar-refractivity contribution in [3.8, 4) is 0 Å². The standard InChI is InChI=1S/C14H16ClN3O2S/c1-17(2)13(19)11-8-18(5-6-20-11)14-16-10-4-3-9(15)7-12(10)21-14/h3-4,7,11H,5-6,8H2,1-2H3. The Bertz CT molecular complexity index is 673. The number of carbonyl (C=O) groups excluding carboxylic acids is 1. The average molecular weight is 326 g/mol. The van der Waals surface area contributed by atoms with Crippen molar-refractivity contribution in [2.45, 2.75) is 6.10 Å². The first-order valence-corrected chi connectivity index (χ1v) is 7.88. The molecule has 1 atom stereocenters. The maximum Gasteiger partial charge on any atom is 0.253 e. The van der Waals surface area contributed by atoms with Crippen LogP contribution in [0, 0.1) is 0 Å². The number of carbonyl (C=O) groups is 1. The number of halogens is 1. The van der Waals surface area contributed by atoms with Gasteiger partial charge in [0.15, 0.2) is 11.2 Å². The van der Waals surface area contributed by atoms with Gasteiger partial charge in [0.05, 0.1) is 23.4 Å². The molecule has 3 rings (SSSR count). The molecule has 5 nitrogen and oxygen atoms in total. The molecule has 1 unspecified atom stereocenters. The summed E-state index contributed by atoms with van der Waals surface area (Å²) in [6.07, 6.45) is -0.427. The predicted octanol–water partition coefficient (Wildman–Crippen LogP) is 2.24. The van der Waals surface area contributed by atoms with Crippen LogP contribution in [0.4, 0.5) is 5.13 Å². The minimum absolute atomic E-state index is 0.0103. The fourth-order valence-electron chi connectivity index (χ4n) is 2.28. The molecule has 1 saturated heterocycles. The van der Waals surface area contributed by atoms with Crippen molar-refractivity contribution in [1.82, 2.24) is 9.88 Å². The van der Waals surface area contributed by atoms with Crippen LogP contribution in [0.25, 0.3) is 10.2 Å². The van der Waals surface area contributed by atoms with Gasteiger partial charge in [0.25, 0.3) is 5.91 Å². The van der Waals surface area contributed by atoms with Gasteiger partial charge in [-0.05, 0) is 18.2 Å². The number of morpholine rings is 1. The summed E-state index contributed by atoms with van der Waals surface area (Å²) in [5.74, 6) is -0.0103. The predicted molar refractivity (Wildman–Crippen MR) is 85.3 cm³/mol. The second kappa shape index (κ2) is 5.79. The van der Waals surface area contributed by atoms with E-state index in [1.807, 2.05) is 18.2 Å². The minimum Gasteiger partial charge on any atom is -0.365 e. The first-order valence-electron chi connectivity index (χ1n) is 6.68. The van der Waals surface area contributed by atoms with E-state index in [1.165, 1.54) is 0 Å². The first kappa shape index (κ1) is 14.6. The van der Waals surface area contributed by atoms with Gasteiger partial charge < -0.3 is 14.5 Å². The molecule has 1 aromatic heterocycles. The largest absolute Gasteiger partial charge is 0.365 e. The number of hydrogen-bond acceptors (Lipinski definition) is 5. The van der Waals surface area contributed by atoms with Crippen LogP contribution < -0.4 is 4.90 Å². The van der Waals surface area contributed by atoms with Crippen molar-refractivity contribution in [2.24, 2.45) is 0 Å². The van der Waals surface area contributed by atoms with Crippen LogP contribution in [0.3, 0.4) is 0 Å². The van der Waals surface area contributed by atoms with Crippen LogP contribution in [0.15, 0.2) is 18.2 Å². The van der Waals surface area contributed by atoms with Crippen molar-refractivity contribution in [3.63, 3.8) is 0 Å². The number of ether oxygens (including phenoxy) is 1. The number of likely N-dealkylation sites (N-methyl/N-ethyl adjacent to an activating group) is 1. The molecule has 1 aliphatic heterocycles. The molecule has 0 radical (unpaired) electrons. The Morgan fingerprint density at radius 1 is 1.52 bits per heavy atom. The van der Waals surface area contributed by atoms with Crippen molar-refractivity contribution >= 4 is 44.2 Å². The van der Waals surface area contributed by atoms with Crippen LogP contribution in [0.1, 0.15) is 0 Å². The maximum atomic E-state index is 12.0. The fraction of sp³-hybridized carbons (Fsp3) is 0.429. The Morgan fingerprint density at radius 2 is 2.33 bits per heavy atom. The molecule has 0 N–H and O–H groups in total. The third-order valence-electron chi connectivity index (χ3n) is 3.39. The number of amides is 1. The summed E-state index contributed by atoms with van der Waals surface area (Å²) in [5.41, 5.74) is 0.932. The second-order valence-corrected chi connectivity index (χ2v) is 6.59. The fourth-order valence-corrected chi connectivity index (χ4v) is 3.56. The number of hydrogen-bond donors (Lipinski definition) is 0. The van der Waals surface area contributed by atoms with Gasteiger partial charge in [0, 0.05) is 25.7 Å². The van der Waals surface area contributed by atoms with E-state index in [4.69, 9.17) is 16.3 Å². The molecule has 7 heteroatoms. The molecule has 1 amide bonds. The second-order valence-electron chi connectivity index (χ2n) is 5.15. The molecule has 0 saturated carbocycles. The normalized spacial score (nSPS) is 19.0. The molecule has 1 fully saturated rings. The molecule has 0 aliphatic carbocycles. The maximum absolute atomic E-state index is 12.0. The first-order chi connectivity index (χ1) is 10.0. The summed E-state index contributed by atoms with van der Waals surface area (Å²) in [4.78, 5) is 20.3. The van der Waals surface area contributed by atoms with Gasteiger partial charge in [-0.25, -0.2) is 4.98 Å². The van der Waals surface area contributed by atoms with E-state index < -0.39 is 6.10 Å². The minimum atomic E-state index is -0.427. The molecular formula is C14H16ClN3O2S. The Kier molecular flexibility index (Phi) is 4.01. The average Bonchev–Trinajstić information content (AvgIpc) is 2.89. The lowest BCUT2D eigenvalue weighted by Crippen LogP contribution is -2.49. The molecular weight excluding hydrogens is 310 g/mol. The monoisotopic (exact) mass is 325 g/mol. The van der Waals surface area contributed by atoms with Gasteiger partial charge in [-0.15, -0.1) is 0 Å². The summed E-state index contributed by atoms with van der Waals surface area (Å²) in [6.45, 7) is 1.80. The van der Waals surface area contributed by atoms with Crippen LogP contribution in [0.2, 0.25) is 5.02 Å². The van der Waals surface area contributed by atoms with Crippen molar-refractivity contribution in [1.29, 1.82) is 0 Å².